The second-order valence-corrected chi connectivity index (χ2v) is 2.31. The standard InChI is InChI=1S/C6H10ClO/c1-6(2-4-7)3-5-8/h6H,2-4H2,1H3. The molecule has 0 N–H and O–H groups in total. The van der Waals surface area contributed by atoms with Crippen LogP contribution in [0.15, 0.2) is 0 Å². The van der Waals surface area contributed by atoms with Gasteiger partial charge in [0.05, 0.1) is 0 Å². The van der Waals surface area contributed by atoms with Gasteiger partial charge >= 0.3 is 0 Å². The number of rotatable bonds is 4. The minimum Gasteiger partial charge on any atom is -0.291 e. The van der Waals surface area contributed by atoms with Crippen molar-refractivity contribution >= 4 is 17.9 Å². The molecule has 0 amide bonds. The van der Waals surface area contributed by atoms with Crippen LogP contribution in [0.2, 0.25) is 0 Å². The van der Waals surface area contributed by atoms with Crippen LogP contribution in [0.3, 0.4) is 0 Å². The molecule has 0 aliphatic rings. The Morgan fingerprint density at radius 2 is 2.38 bits per heavy atom. The van der Waals surface area contributed by atoms with Gasteiger partial charge < -0.3 is 0 Å². The third kappa shape index (κ3) is 4.13. The first kappa shape index (κ1) is 7.96. The Kier molecular flexibility index (Phi) is 5.08. The van der Waals surface area contributed by atoms with Crippen molar-refractivity contribution < 1.29 is 4.79 Å². The van der Waals surface area contributed by atoms with Crippen LogP contribution in [-0.2, 0) is 4.79 Å². The zero-order valence-electron chi connectivity index (χ0n) is 4.98. The molecule has 0 aromatic carbocycles. The van der Waals surface area contributed by atoms with E-state index in [9.17, 15) is 4.79 Å². The molecule has 0 aromatic heterocycles. The van der Waals surface area contributed by atoms with E-state index in [0.717, 1.165) is 6.42 Å². The van der Waals surface area contributed by atoms with Crippen molar-refractivity contribution in [2.45, 2.75) is 19.8 Å². The lowest BCUT2D eigenvalue weighted by Gasteiger charge is -2.00. The maximum absolute atomic E-state index is 9.72. The molecule has 8 heavy (non-hydrogen) atoms. The van der Waals surface area contributed by atoms with E-state index in [1.807, 2.05) is 13.2 Å². The molecule has 1 unspecified atom stereocenters. The predicted molar refractivity (Wildman–Crippen MR) is 34.8 cm³/mol. The molecule has 1 radical (unpaired) electrons. The average Bonchev–Trinajstić information content (AvgIpc) is 1.68. The SMILES string of the molecule is CC(C[C]=O)CCCl. The predicted octanol–water partition coefficient (Wildman–Crippen LogP) is 1.75. The smallest absolute Gasteiger partial charge is 0.198 e. The number of hydrogen-bond donors (Lipinski definition) is 0. The lowest BCUT2D eigenvalue weighted by Crippen LogP contribution is -1.94. The number of halogens is 1. The summed E-state index contributed by atoms with van der Waals surface area (Å²) >= 11 is 5.40. The molecule has 0 rings (SSSR count). The highest BCUT2D eigenvalue weighted by Gasteiger charge is 1.98. The Balaban J connectivity index is 3.03. The second-order valence-electron chi connectivity index (χ2n) is 1.93. The molecule has 0 saturated heterocycles. The fourth-order valence-electron chi connectivity index (χ4n) is 0.431. The fourth-order valence-corrected chi connectivity index (χ4v) is 0.803. The summed E-state index contributed by atoms with van der Waals surface area (Å²) in [6, 6.07) is 0. The van der Waals surface area contributed by atoms with E-state index in [0.29, 0.717) is 18.2 Å². The van der Waals surface area contributed by atoms with E-state index in [-0.39, 0.29) is 0 Å². The summed E-state index contributed by atoms with van der Waals surface area (Å²) < 4.78 is 0. The van der Waals surface area contributed by atoms with Gasteiger partial charge in [-0.2, -0.15) is 0 Å². The van der Waals surface area contributed by atoms with Gasteiger partial charge in [-0.3, -0.25) is 4.79 Å². The van der Waals surface area contributed by atoms with Crippen LogP contribution in [0.1, 0.15) is 19.8 Å². The third-order valence-electron chi connectivity index (χ3n) is 1.03. The van der Waals surface area contributed by atoms with Gasteiger partial charge in [0.25, 0.3) is 0 Å². The molecule has 1 atom stereocenters. The van der Waals surface area contributed by atoms with Gasteiger partial charge in [0, 0.05) is 12.3 Å². The van der Waals surface area contributed by atoms with Gasteiger partial charge in [0.1, 0.15) is 0 Å². The van der Waals surface area contributed by atoms with Crippen molar-refractivity contribution in [1.82, 2.24) is 0 Å². The van der Waals surface area contributed by atoms with Crippen LogP contribution in [0.25, 0.3) is 0 Å². The summed E-state index contributed by atoms with van der Waals surface area (Å²) in [7, 11) is 0. The van der Waals surface area contributed by atoms with Gasteiger partial charge in [-0.15, -0.1) is 11.6 Å². The van der Waals surface area contributed by atoms with Crippen LogP contribution < -0.4 is 0 Å². The highest BCUT2D eigenvalue weighted by Crippen LogP contribution is 2.05. The Labute approximate surface area is 55.0 Å². The molecular weight excluding hydrogens is 124 g/mol. The molecule has 0 aliphatic carbocycles. The maximum atomic E-state index is 9.72. The lowest BCUT2D eigenvalue weighted by molar-refractivity contribution is 0.517. The minimum atomic E-state index is 0.407. The molecule has 0 aliphatic heterocycles. The molecule has 0 bridgehead atoms. The molecule has 0 saturated carbocycles. The van der Waals surface area contributed by atoms with Crippen LogP contribution in [-0.4, -0.2) is 12.2 Å². The van der Waals surface area contributed by atoms with E-state index in [4.69, 9.17) is 11.6 Å². The minimum absolute atomic E-state index is 0.407. The van der Waals surface area contributed by atoms with E-state index in [1.54, 1.807) is 0 Å². The van der Waals surface area contributed by atoms with E-state index >= 15 is 0 Å². The van der Waals surface area contributed by atoms with Gasteiger partial charge in [0.2, 0.25) is 0 Å². The lowest BCUT2D eigenvalue weighted by atomic mass is 10.1. The van der Waals surface area contributed by atoms with Crippen molar-refractivity contribution in [3.05, 3.63) is 0 Å². The van der Waals surface area contributed by atoms with Crippen LogP contribution in [0.4, 0.5) is 0 Å². The van der Waals surface area contributed by atoms with Crippen LogP contribution in [0.5, 0.6) is 0 Å². The summed E-state index contributed by atoms with van der Waals surface area (Å²) in [6.07, 6.45) is 3.28. The van der Waals surface area contributed by atoms with Crippen molar-refractivity contribution in [1.29, 1.82) is 0 Å². The number of alkyl halides is 1. The summed E-state index contributed by atoms with van der Waals surface area (Å²) in [5.74, 6) is 1.05. The van der Waals surface area contributed by atoms with E-state index in [1.165, 1.54) is 0 Å². The van der Waals surface area contributed by atoms with Crippen molar-refractivity contribution in [3.8, 4) is 0 Å². The highest BCUT2D eigenvalue weighted by atomic mass is 35.5. The number of carbonyl (C=O) groups excluding carboxylic acids is 1. The van der Waals surface area contributed by atoms with E-state index in [2.05, 4.69) is 0 Å². The zero-order valence-corrected chi connectivity index (χ0v) is 5.74. The van der Waals surface area contributed by atoms with Gasteiger partial charge in [-0.1, -0.05) is 6.92 Å². The topological polar surface area (TPSA) is 17.1 Å². The fraction of sp³-hybridized carbons (Fsp3) is 0.833. The van der Waals surface area contributed by atoms with Gasteiger partial charge in [-0.05, 0) is 12.3 Å². The first-order valence-corrected chi connectivity index (χ1v) is 3.25. The monoisotopic (exact) mass is 133 g/mol. The maximum Gasteiger partial charge on any atom is 0.198 e. The summed E-state index contributed by atoms with van der Waals surface area (Å²) in [5, 5.41) is 0. The molecule has 2 heteroatoms. The summed E-state index contributed by atoms with van der Waals surface area (Å²) in [5.41, 5.74) is 0. The Morgan fingerprint density at radius 1 is 1.75 bits per heavy atom. The summed E-state index contributed by atoms with van der Waals surface area (Å²) in [6.45, 7) is 1.99. The number of hydrogen-bond acceptors (Lipinski definition) is 1. The average molecular weight is 134 g/mol. The normalized spacial score (nSPS) is 13.2. The quantitative estimate of drug-likeness (QED) is 0.534. The first-order chi connectivity index (χ1) is 3.81. The molecule has 47 valence electrons. The van der Waals surface area contributed by atoms with Crippen molar-refractivity contribution in [2.75, 3.05) is 5.88 Å². The van der Waals surface area contributed by atoms with Crippen LogP contribution >= 0.6 is 11.6 Å². The van der Waals surface area contributed by atoms with Crippen molar-refractivity contribution in [3.63, 3.8) is 0 Å². The molecule has 0 spiro atoms. The molecule has 0 heterocycles. The highest BCUT2D eigenvalue weighted by molar-refractivity contribution is 6.17. The second kappa shape index (κ2) is 5.10. The first-order valence-electron chi connectivity index (χ1n) is 2.72. The largest absolute Gasteiger partial charge is 0.291 e. The molecule has 0 aromatic rings. The molecule has 0 fully saturated rings. The van der Waals surface area contributed by atoms with Crippen molar-refractivity contribution in [2.24, 2.45) is 5.92 Å². The molecule has 1 nitrogen and oxygen atoms in total. The van der Waals surface area contributed by atoms with Gasteiger partial charge in [0.15, 0.2) is 6.29 Å². The Morgan fingerprint density at radius 3 is 2.75 bits per heavy atom. The van der Waals surface area contributed by atoms with Crippen LogP contribution in [0, 0.1) is 5.92 Å². The zero-order chi connectivity index (χ0) is 6.41. The Bertz CT molecular complexity index is 63.5. The molecular formula is C6H10ClO. The third-order valence-corrected chi connectivity index (χ3v) is 1.25. The van der Waals surface area contributed by atoms with Gasteiger partial charge in [-0.25, -0.2) is 0 Å². The Hall–Kier alpha value is -0.0400. The summed E-state index contributed by atoms with van der Waals surface area (Å²) in [4.78, 5) is 9.72. The van der Waals surface area contributed by atoms with E-state index < -0.39 is 0 Å².